The van der Waals surface area contributed by atoms with Gasteiger partial charge in [-0.1, -0.05) is 19.9 Å². The third-order valence-corrected chi connectivity index (χ3v) is 1.69. The molecule has 6 heteroatoms. The zero-order chi connectivity index (χ0) is 11.4. The molecular formula is C9H13BFNO3. The number of halogens is 1. The van der Waals surface area contributed by atoms with Gasteiger partial charge in [-0.05, 0) is 5.92 Å². The molecule has 0 spiro atoms. The molecule has 0 radical (unpaired) electrons. The van der Waals surface area contributed by atoms with E-state index in [9.17, 15) is 4.39 Å². The summed E-state index contributed by atoms with van der Waals surface area (Å²) in [5.74, 6) is -0.463. The van der Waals surface area contributed by atoms with Crippen molar-refractivity contribution in [2.24, 2.45) is 5.92 Å². The molecule has 15 heavy (non-hydrogen) atoms. The maximum absolute atomic E-state index is 13.1. The second kappa shape index (κ2) is 5.09. The van der Waals surface area contributed by atoms with Crippen LogP contribution in [0.3, 0.4) is 0 Å². The first kappa shape index (κ1) is 11.9. The number of hydrogen-bond donors (Lipinski definition) is 2. The lowest BCUT2D eigenvalue weighted by molar-refractivity contribution is 0.258. The molecule has 1 aromatic rings. The van der Waals surface area contributed by atoms with E-state index < -0.39 is 13.1 Å². The summed E-state index contributed by atoms with van der Waals surface area (Å²) < 4.78 is 18.3. The van der Waals surface area contributed by atoms with Crippen molar-refractivity contribution < 1.29 is 19.2 Å². The van der Waals surface area contributed by atoms with E-state index in [0.717, 1.165) is 0 Å². The Kier molecular flexibility index (Phi) is 4.05. The lowest BCUT2D eigenvalue weighted by Crippen LogP contribution is -2.33. The average Bonchev–Trinajstić information content (AvgIpc) is 2.14. The van der Waals surface area contributed by atoms with Gasteiger partial charge in [0.2, 0.25) is 11.8 Å². The van der Waals surface area contributed by atoms with Gasteiger partial charge >= 0.3 is 7.12 Å². The van der Waals surface area contributed by atoms with Crippen molar-refractivity contribution in [2.45, 2.75) is 13.8 Å². The predicted molar refractivity (Wildman–Crippen MR) is 54.4 cm³/mol. The van der Waals surface area contributed by atoms with Crippen molar-refractivity contribution >= 4 is 12.6 Å². The first-order chi connectivity index (χ1) is 7.00. The van der Waals surface area contributed by atoms with Crippen molar-refractivity contribution in [1.82, 2.24) is 4.98 Å². The van der Waals surface area contributed by atoms with Crippen LogP contribution in [0.4, 0.5) is 4.39 Å². The molecule has 0 fully saturated rings. The maximum Gasteiger partial charge on any atom is 0.493 e. The molecule has 0 saturated heterocycles. The van der Waals surface area contributed by atoms with Gasteiger partial charge in [-0.3, -0.25) is 0 Å². The topological polar surface area (TPSA) is 62.6 Å². The largest absolute Gasteiger partial charge is 0.493 e. The third-order valence-electron chi connectivity index (χ3n) is 1.69. The highest BCUT2D eigenvalue weighted by Gasteiger charge is 2.18. The summed E-state index contributed by atoms with van der Waals surface area (Å²) in [6.07, 6.45) is 0. The number of pyridine rings is 1. The fraction of sp³-hybridized carbons (Fsp3) is 0.444. The fourth-order valence-electron chi connectivity index (χ4n) is 0.953. The van der Waals surface area contributed by atoms with Crippen LogP contribution in [0.2, 0.25) is 0 Å². The van der Waals surface area contributed by atoms with E-state index in [1.165, 1.54) is 12.1 Å². The molecule has 0 aliphatic rings. The molecule has 2 N–H and O–H groups in total. The highest BCUT2D eigenvalue weighted by molar-refractivity contribution is 6.58. The van der Waals surface area contributed by atoms with E-state index >= 15 is 0 Å². The van der Waals surface area contributed by atoms with Crippen molar-refractivity contribution in [3.05, 3.63) is 18.1 Å². The van der Waals surface area contributed by atoms with Crippen LogP contribution in [0, 0.1) is 11.9 Å². The molecule has 0 aliphatic carbocycles. The van der Waals surface area contributed by atoms with Crippen LogP contribution in [0.5, 0.6) is 5.88 Å². The van der Waals surface area contributed by atoms with Crippen LogP contribution in [-0.4, -0.2) is 28.8 Å². The molecule has 1 aromatic heterocycles. The Bertz CT molecular complexity index is 333. The van der Waals surface area contributed by atoms with Crippen molar-refractivity contribution in [1.29, 1.82) is 0 Å². The number of aromatic nitrogens is 1. The second-order valence-electron chi connectivity index (χ2n) is 3.61. The van der Waals surface area contributed by atoms with Crippen LogP contribution in [0.15, 0.2) is 12.1 Å². The molecular weight excluding hydrogens is 200 g/mol. The van der Waals surface area contributed by atoms with Gasteiger partial charge < -0.3 is 14.8 Å². The third kappa shape index (κ3) is 3.49. The normalized spacial score (nSPS) is 10.5. The summed E-state index contributed by atoms with van der Waals surface area (Å²) in [6, 6.07) is 2.64. The Morgan fingerprint density at radius 1 is 1.47 bits per heavy atom. The lowest BCUT2D eigenvalue weighted by atomic mass is 9.81. The standard InChI is InChI=1S/C9H13BFNO3/c1-6(2)5-15-8-4-3-7(10(13)14)9(11)12-8/h3-4,6,13-14H,5H2,1-2H3. The van der Waals surface area contributed by atoms with E-state index in [-0.39, 0.29) is 11.3 Å². The summed E-state index contributed by atoms with van der Waals surface area (Å²) in [5, 5.41) is 17.5. The quantitative estimate of drug-likeness (QED) is 0.543. The minimum absolute atomic E-state index is 0.144. The van der Waals surface area contributed by atoms with Gasteiger partial charge in [-0.25, -0.2) is 0 Å². The zero-order valence-electron chi connectivity index (χ0n) is 8.64. The minimum Gasteiger partial charge on any atom is -0.477 e. The Labute approximate surface area is 87.9 Å². The Hall–Kier alpha value is -1.14. The molecule has 0 aliphatic heterocycles. The summed E-state index contributed by atoms with van der Waals surface area (Å²) in [4.78, 5) is 3.46. The van der Waals surface area contributed by atoms with Crippen molar-refractivity contribution in [3.63, 3.8) is 0 Å². The molecule has 0 atom stereocenters. The Balaban J connectivity index is 2.73. The first-order valence-corrected chi connectivity index (χ1v) is 4.66. The van der Waals surface area contributed by atoms with E-state index in [4.69, 9.17) is 14.8 Å². The van der Waals surface area contributed by atoms with Gasteiger partial charge in [0.05, 0.1) is 6.61 Å². The van der Waals surface area contributed by atoms with Crippen LogP contribution in [-0.2, 0) is 0 Å². The van der Waals surface area contributed by atoms with E-state index in [1.54, 1.807) is 0 Å². The number of nitrogens with zero attached hydrogens (tertiary/aromatic N) is 1. The van der Waals surface area contributed by atoms with Crippen molar-refractivity contribution in [3.8, 4) is 5.88 Å². The molecule has 4 nitrogen and oxygen atoms in total. The number of hydrogen-bond acceptors (Lipinski definition) is 4. The first-order valence-electron chi connectivity index (χ1n) is 4.66. The highest BCUT2D eigenvalue weighted by Crippen LogP contribution is 2.07. The van der Waals surface area contributed by atoms with Gasteiger partial charge in [0.15, 0.2) is 0 Å². The fourth-order valence-corrected chi connectivity index (χ4v) is 0.953. The van der Waals surface area contributed by atoms with Gasteiger partial charge in [0.1, 0.15) is 0 Å². The second-order valence-corrected chi connectivity index (χ2v) is 3.61. The van der Waals surface area contributed by atoms with Gasteiger partial charge in [0, 0.05) is 11.5 Å². The maximum atomic E-state index is 13.1. The van der Waals surface area contributed by atoms with Crippen LogP contribution < -0.4 is 10.2 Å². The summed E-state index contributed by atoms with van der Waals surface area (Å²) in [6.45, 7) is 4.36. The lowest BCUT2D eigenvalue weighted by Gasteiger charge is -2.08. The molecule has 82 valence electrons. The van der Waals surface area contributed by atoms with Crippen LogP contribution in [0.25, 0.3) is 0 Å². The van der Waals surface area contributed by atoms with Gasteiger partial charge in [-0.15, -0.1) is 0 Å². The monoisotopic (exact) mass is 213 g/mol. The molecule has 0 bridgehead atoms. The van der Waals surface area contributed by atoms with Gasteiger partial charge in [0.25, 0.3) is 0 Å². The SMILES string of the molecule is CC(C)COc1ccc(B(O)O)c(F)n1. The zero-order valence-corrected chi connectivity index (χ0v) is 8.64. The van der Waals surface area contributed by atoms with Gasteiger partial charge in [-0.2, -0.15) is 9.37 Å². The molecule has 0 saturated carbocycles. The Morgan fingerprint density at radius 2 is 2.13 bits per heavy atom. The van der Waals surface area contributed by atoms with E-state index in [2.05, 4.69) is 4.98 Å². The van der Waals surface area contributed by atoms with E-state index in [0.29, 0.717) is 12.5 Å². The van der Waals surface area contributed by atoms with Crippen LogP contribution >= 0.6 is 0 Å². The summed E-state index contributed by atoms with van der Waals surface area (Å²) in [5.41, 5.74) is -0.258. The number of rotatable bonds is 4. The minimum atomic E-state index is -1.85. The smallest absolute Gasteiger partial charge is 0.477 e. The number of ether oxygens (including phenoxy) is 1. The molecule has 0 unspecified atom stereocenters. The van der Waals surface area contributed by atoms with Crippen molar-refractivity contribution in [2.75, 3.05) is 6.61 Å². The average molecular weight is 213 g/mol. The van der Waals surface area contributed by atoms with Crippen LogP contribution in [0.1, 0.15) is 13.8 Å². The predicted octanol–water partition coefficient (Wildman–Crippen LogP) is -0.0647. The van der Waals surface area contributed by atoms with E-state index in [1.807, 2.05) is 13.8 Å². The summed E-state index contributed by atoms with van der Waals surface area (Å²) >= 11 is 0. The summed E-state index contributed by atoms with van der Waals surface area (Å²) in [7, 11) is -1.85. The Morgan fingerprint density at radius 3 is 2.60 bits per heavy atom. The molecule has 1 heterocycles. The molecule has 1 rings (SSSR count). The molecule has 0 aromatic carbocycles. The highest BCUT2D eigenvalue weighted by atomic mass is 19.1. The molecule has 0 amide bonds.